The second-order valence-corrected chi connectivity index (χ2v) is 4.40. The summed E-state index contributed by atoms with van der Waals surface area (Å²) in [6, 6.07) is 2.73. The van der Waals surface area contributed by atoms with Crippen molar-refractivity contribution in [3.8, 4) is 0 Å². The molecule has 2 amide bonds. The molecule has 0 saturated heterocycles. The van der Waals surface area contributed by atoms with E-state index in [4.69, 9.17) is 5.11 Å². The number of nitrogens with one attached hydrogen (secondary N) is 2. The number of carbonyl (C=O) groups is 2. The minimum Gasteiger partial charge on any atom is -0.396 e. The van der Waals surface area contributed by atoms with E-state index in [1.54, 1.807) is 6.92 Å². The lowest BCUT2D eigenvalue weighted by atomic mass is 10.2. The lowest BCUT2D eigenvalue weighted by Gasteiger charge is -2.10. The Labute approximate surface area is 115 Å². The number of benzene rings is 1. The number of hydrogen-bond acceptors (Lipinski definition) is 3. The Kier molecular flexibility index (Phi) is 6.05. The van der Waals surface area contributed by atoms with Gasteiger partial charge in [-0.3, -0.25) is 9.59 Å². The summed E-state index contributed by atoms with van der Waals surface area (Å²) in [7, 11) is 0. The van der Waals surface area contributed by atoms with E-state index in [0.29, 0.717) is 0 Å². The van der Waals surface area contributed by atoms with Crippen molar-refractivity contribution in [1.82, 2.24) is 10.6 Å². The fourth-order valence-electron chi connectivity index (χ4n) is 1.32. The highest BCUT2D eigenvalue weighted by molar-refractivity contribution is 5.96. The van der Waals surface area contributed by atoms with E-state index < -0.39 is 23.4 Å². The third-order valence-electron chi connectivity index (χ3n) is 2.55. The summed E-state index contributed by atoms with van der Waals surface area (Å²) < 4.78 is 25.6. The van der Waals surface area contributed by atoms with Crippen LogP contribution in [0.2, 0.25) is 0 Å². The SMILES string of the molecule is C[C@@H](CO)CNC(=O)CNC(=O)c1ccc(F)c(F)c1. The van der Waals surface area contributed by atoms with Gasteiger partial charge >= 0.3 is 0 Å². The van der Waals surface area contributed by atoms with Crippen molar-refractivity contribution in [1.29, 1.82) is 0 Å². The molecule has 0 spiro atoms. The third-order valence-corrected chi connectivity index (χ3v) is 2.55. The highest BCUT2D eigenvalue weighted by atomic mass is 19.2. The van der Waals surface area contributed by atoms with E-state index in [-0.39, 0.29) is 31.2 Å². The Hall–Kier alpha value is -2.02. The van der Waals surface area contributed by atoms with Crippen molar-refractivity contribution in [2.24, 2.45) is 5.92 Å². The number of carbonyl (C=O) groups excluding carboxylic acids is 2. The standard InChI is InChI=1S/C13H16F2N2O3/c1-8(7-18)5-16-12(19)6-17-13(20)9-2-3-10(14)11(15)4-9/h2-4,8,18H,5-7H2,1H3,(H,16,19)(H,17,20)/t8-/m1/s1. The number of aliphatic hydroxyl groups is 1. The topological polar surface area (TPSA) is 78.4 Å². The Morgan fingerprint density at radius 3 is 2.55 bits per heavy atom. The van der Waals surface area contributed by atoms with E-state index in [1.165, 1.54) is 0 Å². The molecule has 0 unspecified atom stereocenters. The van der Waals surface area contributed by atoms with E-state index in [1.807, 2.05) is 0 Å². The quantitative estimate of drug-likeness (QED) is 0.710. The van der Waals surface area contributed by atoms with Gasteiger partial charge in [-0.1, -0.05) is 6.92 Å². The monoisotopic (exact) mass is 286 g/mol. The van der Waals surface area contributed by atoms with Crippen LogP contribution in [-0.4, -0.2) is 36.6 Å². The van der Waals surface area contributed by atoms with Crippen LogP contribution in [0.1, 0.15) is 17.3 Å². The number of hydrogen-bond donors (Lipinski definition) is 3. The van der Waals surface area contributed by atoms with Crippen LogP contribution in [-0.2, 0) is 4.79 Å². The molecule has 0 heterocycles. The highest BCUT2D eigenvalue weighted by Crippen LogP contribution is 2.08. The molecule has 0 fully saturated rings. The average molecular weight is 286 g/mol. The van der Waals surface area contributed by atoms with Crippen LogP contribution >= 0.6 is 0 Å². The van der Waals surface area contributed by atoms with Gasteiger partial charge in [0.05, 0.1) is 6.54 Å². The summed E-state index contributed by atoms with van der Waals surface area (Å²) in [4.78, 5) is 23.0. The number of aliphatic hydroxyl groups excluding tert-OH is 1. The van der Waals surface area contributed by atoms with Gasteiger partial charge in [0.25, 0.3) is 5.91 Å². The maximum atomic E-state index is 12.9. The van der Waals surface area contributed by atoms with Crippen LogP contribution in [0.3, 0.4) is 0 Å². The van der Waals surface area contributed by atoms with Crippen molar-refractivity contribution < 1.29 is 23.5 Å². The zero-order valence-corrected chi connectivity index (χ0v) is 11.0. The Morgan fingerprint density at radius 2 is 1.95 bits per heavy atom. The van der Waals surface area contributed by atoms with Crippen molar-refractivity contribution in [2.75, 3.05) is 19.7 Å². The van der Waals surface area contributed by atoms with Gasteiger partial charge in [0, 0.05) is 18.7 Å². The maximum Gasteiger partial charge on any atom is 0.251 e. The van der Waals surface area contributed by atoms with Crippen LogP contribution in [0.5, 0.6) is 0 Å². The predicted octanol–water partition coefficient (Wildman–Crippen LogP) is 0.439. The molecule has 110 valence electrons. The molecule has 7 heteroatoms. The molecule has 0 aliphatic heterocycles. The summed E-state index contributed by atoms with van der Waals surface area (Å²) in [6.45, 7) is 1.70. The molecule has 0 saturated carbocycles. The van der Waals surface area contributed by atoms with Gasteiger partial charge in [-0.25, -0.2) is 8.78 Å². The predicted molar refractivity (Wildman–Crippen MR) is 68.0 cm³/mol. The van der Waals surface area contributed by atoms with Gasteiger partial charge in [-0.2, -0.15) is 0 Å². The molecular weight excluding hydrogens is 270 g/mol. The molecule has 3 N–H and O–H groups in total. The smallest absolute Gasteiger partial charge is 0.251 e. The number of amides is 2. The van der Waals surface area contributed by atoms with Gasteiger partial charge in [0.1, 0.15) is 0 Å². The van der Waals surface area contributed by atoms with Crippen molar-refractivity contribution in [2.45, 2.75) is 6.92 Å². The van der Waals surface area contributed by atoms with E-state index in [2.05, 4.69) is 10.6 Å². The molecule has 0 radical (unpaired) electrons. The Balaban J connectivity index is 2.43. The minimum atomic E-state index is -1.13. The zero-order chi connectivity index (χ0) is 15.1. The molecule has 0 aromatic heterocycles. The molecule has 0 aliphatic carbocycles. The van der Waals surface area contributed by atoms with Gasteiger partial charge in [0.2, 0.25) is 5.91 Å². The van der Waals surface area contributed by atoms with E-state index in [0.717, 1.165) is 18.2 Å². The second kappa shape index (κ2) is 7.54. The minimum absolute atomic E-state index is 0.0541. The van der Waals surface area contributed by atoms with Crippen LogP contribution in [0.15, 0.2) is 18.2 Å². The lowest BCUT2D eigenvalue weighted by molar-refractivity contribution is -0.120. The molecule has 0 bridgehead atoms. The third kappa shape index (κ3) is 4.93. The molecule has 1 aromatic carbocycles. The highest BCUT2D eigenvalue weighted by Gasteiger charge is 2.11. The number of halogens is 2. The number of rotatable bonds is 6. The Morgan fingerprint density at radius 1 is 1.25 bits per heavy atom. The van der Waals surface area contributed by atoms with Gasteiger partial charge in [-0.15, -0.1) is 0 Å². The van der Waals surface area contributed by atoms with Crippen LogP contribution < -0.4 is 10.6 Å². The summed E-state index contributed by atoms with van der Waals surface area (Å²) >= 11 is 0. The molecule has 1 atom stereocenters. The first-order chi connectivity index (χ1) is 9.43. The van der Waals surface area contributed by atoms with Crippen LogP contribution in [0.4, 0.5) is 8.78 Å². The average Bonchev–Trinajstić information content (AvgIpc) is 2.44. The first-order valence-electron chi connectivity index (χ1n) is 6.04. The maximum absolute atomic E-state index is 12.9. The molecule has 1 rings (SSSR count). The van der Waals surface area contributed by atoms with Crippen molar-refractivity contribution in [3.05, 3.63) is 35.4 Å². The van der Waals surface area contributed by atoms with Crippen LogP contribution in [0.25, 0.3) is 0 Å². The largest absolute Gasteiger partial charge is 0.396 e. The van der Waals surface area contributed by atoms with E-state index in [9.17, 15) is 18.4 Å². The second-order valence-electron chi connectivity index (χ2n) is 4.40. The lowest BCUT2D eigenvalue weighted by Crippen LogP contribution is -2.39. The Bertz CT molecular complexity index is 495. The molecule has 1 aromatic rings. The zero-order valence-electron chi connectivity index (χ0n) is 11.0. The molecule has 0 aliphatic rings. The van der Waals surface area contributed by atoms with E-state index >= 15 is 0 Å². The van der Waals surface area contributed by atoms with Crippen molar-refractivity contribution >= 4 is 11.8 Å². The van der Waals surface area contributed by atoms with Crippen LogP contribution in [0, 0.1) is 17.6 Å². The fourth-order valence-corrected chi connectivity index (χ4v) is 1.32. The molecule has 5 nitrogen and oxygen atoms in total. The van der Waals surface area contributed by atoms with Gasteiger partial charge in [0.15, 0.2) is 11.6 Å². The molecular formula is C13H16F2N2O3. The molecule has 20 heavy (non-hydrogen) atoms. The first-order valence-corrected chi connectivity index (χ1v) is 6.04. The van der Waals surface area contributed by atoms with Crippen molar-refractivity contribution in [3.63, 3.8) is 0 Å². The van der Waals surface area contributed by atoms with Gasteiger partial charge in [-0.05, 0) is 24.1 Å². The van der Waals surface area contributed by atoms with Gasteiger partial charge < -0.3 is 15.7 Å². The normalized spacial score (nSPS) is 11.8. The summed E-state index contributed by atoms with van der Waals surface area (Å²) in [5.41, 5.74) is -0.0690. The fraction of sp³-hybridized carbons (Fsp3) is 0.385. The summed E-state index contributed by atoms with van der Waals surface area (Å²) in [5.74, 6) is -3.35. The summed E-state index contributed by atoms with van der Waals surface area (Å²) in [5, 5.41) is 13.6. The first kappa shape index (κ1) is 16.0. The summed E-state index contributed by atoms with van der Waals surface area (Å²) in [6.07, 6.45) is 0.